The van der Waals surface area contributed by atoms with Crippen molar-refractivity contribution in [3.63, 3.8) is 0 Å². The smallest absolute Gasteiger partial charge is 0.274 e. The summed E-state index contributed by atoms with van der Waals surface area (Å²) in [7, 11) is 1.56. The minimum atomic E-state index is -0.485. The second-order valence-electron chi connectivity index (χ2n) is 4.54. The van der Waals surface area contributed by atoms with E-state index < -0.39 is 6.10 Å². The minimum absolute atomic E-state index is 0.292. The molecule has 0 aliphatic heterocycles. The number of ether oxygens (including phenoxy) is 1. The number of benzene rings is 1. The lowest BCUT2D eigenvalue weighted by atomic mass is 10.1. The number of hydrogen-bond donors (Lipinski definition) is 1. The largest absolute Gasteiger partial charge is 0.369 e. The average molecular weight is 315 g/mol. The molecule has 1 N–H and O–H groups in total. The Labute approximate surface area is 131 Å². The van der Waals surface area contributed by atoms with Gasteiger partial charge in [0, 0.05) is 18.3 Å². The van der Waals surface area contributed by atoms with Gasteiger partial charge in [0.15, 0.2) is 0 Å². The van der Waals surface area contributed by atoms with Crippen LogP contribution in [0.4, 0.5) is 0 Å². The molecule has 0 radical (unpaired) electrons. The molecule has 0 aliphatic carbocycles. The Morgan fingerprint density at radius 1 is 1.41 bits per heavy atom. The van der Waals surface area contributed by atoms with Gasteiger partial charge in [-0.3, -0.25) is 0 Å². The van der Waals surface area contributed by atoms with Crippen LogP contribution < -0.4 is 0 Å². The van der Waals surface area contributed by atoms with Crippen molar-refractivity contribution in [2.24, 2.45) is 0 Å². The van der Waals surface area contributed by atoms with E-state index in [2.05, 4.69) is 15.1 Å². The fourth-order valence-corrected chi connectivity index (χ4v) is 2.29. The van der Waals surface area contributed by atoms with Gasteiger partial charge < -0.3 is 14.2 Å². The minimum Gasteiger partial charge on any atom is -0.369 e. The topological polar surface area (TPSA) is 87.7 Å². The van der Waals surface area contributed by atoms with Gasteiger partial charge in [0.25, 0.3) is 5.89 Å². The first-order valence-corrected chi connectivity index (χ1v) is 6.80. The van der Waals surface area contributed by atoms with Crippen LogP contribution >= 0.6 is 11.6 Å². The molecule has 110 valence electrons. The normalized spacial score (nSPS) is 12.0. The van der Waals surface area contributed by atoms with E-state index in [1.54, 1.807) is 31.5 Å². The molecule has 1 aromatic carbocycles. The molecule has 3 aromatic rings. The van der Waals surface area contributed by atoms with Gasteiger partial charge in [0.05, 0.1) is 5.56 Å². The lowest BCUT2D eigenvalue weighted by molar-refractivity contribution is 0.126. The number of nitrogens with one attached hydrogen (secondary N) is 1. The van der Waals surface area contributed by atoms with Crippen molar-refractivity contribution in [2.75, 3.05) is 7.11 Å². The van der Waals surface area contributed by atoms with E-state index in [1.165, 1.54) is 0 Å². The molecule has 22 heavy (non-hydrogen) atoms. The van der Waals surface area contributed by atoms with Gasteiger partial charge in [-0.05, 0) is 23.8 Å². The average Bonchev–Trinajstić information content (AvgIpc) is 3.17. The lowest BCUT2D eigenvalue weighted by Gasteiger charge is -2.11. The highest BCUT2D eigenvalue weighted by Crippen LogP contribution is 2.27. The highest BCUT2D eigenvalue weighted by atomic mass is 35.5. The first-order valence-electron chi connectivity index (χ1n) is 6.42. The summed E-state index contributed by atoms with van der Waals surface area (Å²) < 4.78 is 10.7. The Kier molecular flexibility index (Phi) is 3.92. The van der Waals surface area contributed by atoms with Crippen molar-refractivity contribution in [2.45, 2.75) is 6.10 Å². The number of hydrogen-bond acceptors (Lipinski definition) is 5. The predicted octanol–water partition coefficient (Wildman–Crippen LogP) is 3.33. The molecule has 0 saturated heterocycles. The molecule has 0 saturated carbocycles. The summed E-state index contributed by atoms with van der Waals surface area (Å²) in [5.74, 6) is 0.674. The lowest BCUT2D eigenvalue weighted by Crippen LogP contribution is -2.05. The number of aromatic amines is 1. The third-order valence-corrected chi connectivity index (χ3v) is 3.34. The summed E-state index contributed by atoms with van der Waals surface area (Å²) in [5.41, 5.74) is 1.90. The maximum Gasteiger partial charge on any atom is 0.274 e. The molecule has 0 amide bonds. The fourth-order valence-electron chi connectivity index (χ4n) is 2.09. The first kappa shape index (κ1) is 14.3. The highest BCUT2D eigenvalue weighted by Gasteiger charge is 2.21. The monoisotopic (exact) mass is 314 g/mol. The van der Waals surface area contributed by atoms with E-state index in [9.17, 15) is 0 Å². The number of nitriles is 1. The van der Waals surface area contributed by atoms with Crippen molar-refractivity contribution in [3.05, 3.63) is 58.5 Å². The van der Waals surface area contributed by atoms with Gasteiger partial charge in [-0.1, -0.05) is 28.9 Å². The molecular formula is C15H11ClN4O2. The summed E-state index contributed by atoms with van der Waals surface area (Å²) in [6.45, 7) is 0. The van der Waals surface area contributed by atoms with Crippen LogP contribution in [-0.4, -0.2) is 22.2 Å². The number of aromatic nitrogens is 3. The van der Waals surface area contributed by atoms with Gasteiger partial charge in [-0.25, -0.2) is 0 Å². The van der Waals surface area contributed by atoms with Crippen molar-refractivity contribution in [1.29, 1.82) is 5.26 Å². The first-order chi connectivity index (χ1) is 10.7. The predicted molar refractivity (Wildman–Crippen MR) is 79.1 cm³/mol. The molecule has 0 aliphatic rings. The number of rotatable bonds is 4. The Hall–Kier alpha value is -2.62. The van der Waals surface area contributed by atoms with E-state index in [1.807, 2.05) is 18.2 Å². The van der Waals surface area contributed by atoms with E-state index in [0.717, 1.165) is 5.56 Å². The third-order valence-electron chi connectivity index (χ3n) is 3.11. The molecular weight excluding hydrogens is 304 g/mol. The van der Waals surface area contributed by atoms with Gasteiger partial charge in [-0.2, -0.15) is 10.2 Å². The maximum atomic E-state index is 8.83. The van der Waals surface area contributed by atoms with Crippen LogP contribution in [0.2, 0.25) is 5.02 Å². The van der Waals surface area contributed by atoms with Crippen LogP contribution in [0.3, 0.4) is 0 Å². The number of H-pyrrole nitrogens is 1. The molecule has 3 rings (SSSR count). The zero-order valence-electron chi connectivity index (χ0n) is 11.6. The summed E-state index contributed by atoms with van der Waals surface area (Å²) in [6, 6.07) is 10.9. The van der Waals surface area contributed by atoms with Crippen molar-refractivity contribution >= 4 is 11.6 Å². The van der Waals surface area contributed by atoms with E-state index in [0.29, 0.717) is 28.0 Å². The Morgan fingerprint density at radius 3 is 2.95 bits per heavy atom. The number of methoxy groups -OCH3 is 1. The molecule has 7 heteroatoms. The number of nitrogens with zero attached hydrogens (tertiary/aromatic N) is 3. The molecule has 0 unspecified atom stereocenters. The van der Waals surface area contributed by atoms with Crippen LogP contribution in [0.15, 0.2) is 41.1 Å². The van der Waals surface area contributed by atoms with Gasteiger partial charge in [0.1, 0.15) is 17.9 Å². The fraction of sp³-hybridized carbons (Fsp3) is 0.133. The van der Waals surface area contributed by atoms with E-state index in [-0.39, 0.29) is 0 Å². The van der Waals surface area contributed by atoms with Crippen molar-refractivity contribution in [1.82, 2.24) is 15.1 Å². The summed E-state index contributed by atoms with van der Waals surface area (Å²) >= 11 is 6.00. The Morgan fingerprint density at radius 2 is 2.27 bits per heavy atom. The van der Waals surface area contributed by atoms with Crippen molar-refractivity contribution < 1.29 is 9.26 Å². The molecule has 1 atom stereocenters. The zero-order chi connectivity index (χ0) is 15.5. The van der Waals surface area contributed by atoms with Crippen LogP contribution in [0.25, 0.3) is 11.6 Å². The molecule has 6 nitrogen and oxygen atoms in total. The van der Waals surface area contributed by atoms with Crippen molar-refractivity contribution in [3.8, 4) is 17.7 Å². The van der Waals surface area contributed by atoms with Crippen LogP contribution in [-0.2, 0) is 4.74 Å². The maximum absolute atomic E-state index is 8.83. The van der Waals surface area contributed by atoms with Crippen LogP contribution in [0.5, 0.6) is 0 Å². The third kappa shape index (κ3) is 2.72. The van der Waals surface area contributed by atoms with Crippen LogP contribution in [0, 0.1) is 11.3 Å². The quantitative estimate of drug-likeness (QED) is 0.798. The molecule has 0 fully saturated rings. The zero-order valence-corrected chi connectivity index (χ0v) is 12.3. The SMILES string of the molecule is CO[C@H](c1cccc(Cl)c1)c1noc(-c2cc(C#N)c[nH]2)n1. The van der Waals surface area contributed by atoms with Gasteiger partial charge in [-0.15, -0.1) is 0 Å². The molecule has 2 heterocycles. The van der Waals surface area contributed by atoms with Gasteiger partial charge >= 0.3 is 0 Å². The van der Waals surface area contributed by atoms with E-state index >= 15 is 0 Å². The second kappa shape index (κ2) is 6.02. The molecule has 2 aromatic heterocycles. The highest BCUT2D eigenvalue weighted by molar-refractivity contribution is 6.30. The Bertz CT molecular complexity index is 834. The molecule has 0 spiro atoms. The van der Waals surface area contributed by atoms with E-state index in [4.69, 9.17) is 26.1 Å². The van der Waals surface area contributed by atoms with Crippen LogP contribution in [0.1, 0.15) is 23.1 Å². The number of halogens is 1. The summed E-state index contributed by atoms with van der Waals surface area (Å²) in [5, 5.41) is 13.4. The standard InChI is InChI=1S/C15H11ClN4O2/c1-21-13(10-3-2-4-11(16)6-10)14-19-15(22-20-14)12-5-9(7-17)8-18-12/h2-6,8,13,18H,1H3/t13-/m1/s1. The Balaban J connectivity index is 1.93. The summed E-state index contributed by atoms with van der Waals surface area (Å²) in [6.07, 6.45) is 1.09. The summed E-state index contributed by atoms with van der Waals surface area (Å²) in [4.78, 5) is 7.23. The van der Waals surface area contributed by atoms with Gasteiger partial charge in [0.2, 0.25) is 5.82 Å². The molecule has 0 bridgehead atoms. The second-order valence-corrected chi connectivity index (χ2v) is 4.98.